The van der Waals surface area contributed by atoms with Crippen LogP contribution < -0.4 is 0 Å². The molecule has 0 unspecified atom stereocenters. The van der Waals surface area contributed by atoms with E-state index in [4.69, 9.17) is 15.0 Å². The summed E-state index contributed by atoms with van der Waals surface area (Å²) in [7, 11) is 0. The maximum absolute atomic E-state index is 10.3. The summed E-state index contributed by atoms with van der Waals surface area (Å²) in [4.78, 5) is 19.3. The molecule has 0 atom stereocenters. The van der Waals surface area contributed by atoms with Gasteiger partial charge in [0, 0.05) is 13.3 Å². The highest BCUT2D eigenvalue weighted by Gasteiger charge is 1.95. The lowest BCUT2D eigenvalue weighted by Crippen LogP contribution is -1.93. The van der Waals surface area contributed by atoms with Crippen molar-refractivity contribution < 1.29 is 19.8 Å². The molecule has 0 bridgehead atoms. The predicted molar refractivity (Wildman–Crippen MR) is 81.9 cm³/mol. The van der Waals surface area contributed by atoms with Gasteiger partial charge in [-0.15, -0.1) is 0 Å². The first kappa shape index (κ1) is 21.0. The Bertz CT molecular complexity index is 255. The van der Waals surface area contributed by atoms with E-state index in [0.717, 1.165) is 19.8 Å². The normalized spacial score (nSPS) is 10.1. The second-order valence-electron chi connectivity index (χ2n) is 4.83. The second kappa shape index (κ2) is 17.7. The first-order chi connectivity index (χ1) is 9.50. The highest BCUT2D eigenvalue weighted by molar-refractivity contribution is 5.66. The average Bonchev–Trinajstić information content (AvgIpc) is 2.35. The number of carbonyl (C=O) groups is 2. The van der Waals surface area contributed by atoms with Crippen LogP contribution in [0.3, 0.4) is 0 Å². The topological polar surface area (TPSA) is 74.6 Å². The molecule has 0 saturated heterocycles. The summed E-state index contributed by atoms with van der Waals surface area (Å²) in [5.74, 6) is -1.50. The van der Waals surface area contributed by atoms with Gasteiger partial charge < -0.3 is 10.2 Å². The Balaban J connectivity index is 0. The summed E-state index contributed by atoms with van der Waals surface area (Å²) in [5.41, 5.74) is 0. The van der Waals surface area contributed by atoms with Crippen LogP contribution in [-0.4, -0.2) is 22.2 Å². The van der Waals surface area contributed by atoms with Crippen LogP contribution in [0.2, 0.25) is 0 Å². The van der Waals surface area contributed by atoms with Crippen molar-refractivity contribution in [1.29, 1.82) is 0 Å². The average molecular weight is 286 g/mol. The molecule has 0 spiro atoms. The fourth-order valence-electron chi connectivity index (χ4n) is 1.63. The van der Waals surface area contributed by atoms with Crippen molar-refractivity contribution in [3.8, 4) is 0 Å². The Hall–Kier alpha value is -1.32. The van der Waals surface area contributed by atoms with E-state index < -0.39 is 11.9 Å². The molecule has 0 aromatic carbocycles. The maximum Gasteiger partial charge on any atom is 0.303 e. The van der Waals surface area contributed by atoms with Crippen molar-refractivity contribution in [1.82, 2.24) is 0 Å². The van der Waals surface area contributed by atoms with Gasteiger partial charge in [0.25, 0.3) is 5.97 Å². The van der Waals surface area contributed by atoms with Crippen LogP contribution in [0.15, 0.2) is 12.2 Å². The van der Waals surface area contributed by atoms with E-state index in [1.54, 1.807) is 0 Å². The van der Waals surface area contributed by atoms with Crippen molar-refractivity contribution in [2.75, 3.05) is 0 Å². The third-order valence-electron chi connectivity index (χ3n) is 2.65. The molecule has 0 heterocycles. The second-order valence-corrected chi connectivity index (χ2v) is 4.83. The number of carboxylic acids is 2. The van der Waals surface area contributed by atoms with Crippen LogP contribution in [-0.2, 0) is 9.59 Å². The number of hydrogen-bond acceptors (Lipinski definition) is 2. The van der Waals surface area contributed by atoms with Gasteiger partial charge in [-0.25, -0.2) is 0 Å². The summed E-state index contributed by atoms with van der Waals surface area (Å²) >= 11 is 0. The van der Waals surface area contributed by atoms with Crippen molar-refractivity contribution in [3.63, 3.8) is 0 Å². The zero-order valence-electron chi connectivity index (χ0n) is 12.9. The van der Waals surface area contributed by atoms with Gasteiger partial charge in [0.2, 0.25) is 0 Å². The molecule has 0 rings (SSSR count). The van der Waals surface area contributed by atoms with Gasteiger partial charge in [0.15, 0.2) is 0 Å². The Morgan fingerprint density at radius 3 is 1.80 bits per heavy atom. The van der Waals surface area contributed by atoms with Crippen LogP contribution in [0.4, 0.5) is 0 Å². The Kier molecular flexibility index (Phi) is 18.6. The quantitative estimate of drug-likeness (QED) is 0.428. The van der Waals surface area contributed by atoms with Crippen molar-refractivity contribution in [2.24, 2.45) is 0 Å². The number of hydrogen-bond donors (Lipinski definition) is 2. The number of rotatable bonds is 11. The molecular formula is C16H30O4. The van der Waals surface area contributed by atoms with Crippen LogP contribution in [0.25, 0.3) is 0 Å². The summed E-state index contributed by atoms with van der Waals surface area (Å²) in [6.07, 6.45) is 15.4. The molecular weight excluding hydrogens is 256 g/mol. The van der Waals surface area contributed by atoms with Crippen molar-refractivity contribution >= 4 is 11.9 Å². The minimum Gasteiger partial charge on any atom is -0.481 e. The van der Waals surface area contributed by atoms with E-state index in [9.17, 15) is 4.79 Å². The summed E-state index contributed by atoms with van der Waals surface area (Å²) in [6.45, 7) is 3.30. The highest BCUT2D eigenvalue weighted by atomic mass is 16.4. The molecule has 4 nitrogen and oxygen atoms in total. The Morgan fingerprint density at radius 1 is 0.850 bits per heavy atom. The largest absolute Gasteiger partial charge is 0.481 e. The molecule has 20 heavy (non-hydrogen) atoms. The summed E-state index contributed by atoms with van der Waals surface area (Å²) in [5, 5.41) is 15.9. The van der Waals surface area contributed by atoms with E-state index in [1.165, 1.54) is 44.9 Å². The number of allylic oxidation sites excluding steroid dienone is 2. The van der Waals surface area contributed by atoms with Gasteiger partial charge in [0.05, 0.1) is 0 Å². The molecule has 2 N–H and O–H groups in total. The minimum absolute atomic E-state index is 0.330. The molecule has 0 saturated carbocycles. The molecule has 4 heteroatoms. The molecule has 0 amide bonds. The van der Waals surface area contributed by atoms with E-state index in [1.807, 2.05) is 0 Å². The molecule has 0 aliphatic heterocycles. The van der Waals surface area contributed by atoms with E-state index in [2.05, 4.69) is 19.1 Å². The van der Waals surface area contributed by atoms with Gasteiger partial charge >= 0.3 is 5.97 Å². The predicted octanol–water partition coefficient (Wildman–Crippen LogP) is 4.64. The molecule has 0 fully saturated rings. The first-order valence-electron chi connectivity index (χ1n) is 7.57. The highest BCUT2D eigenvalue weighted by Crippen LogP contribution is 2.08. The Labute approximate surface area is 122 Å². The van der Waals surface area contributed by atoms with Crippen LogP contribution in [0.5, 0.6) is 0 Å². The van der Waals surface area contributed by atoms with E-state index in [-0.39, 0.29) is 0 Å². The van der Waals surface area contributed by atoms with Gasteiger partial charge in [0.1, 0.15) is 0 Å². The lowest BCUT2D eigenvalue weighted by Gasteiger charge is -1.98. The summed E-state index contributed by atoms with van der Waals surface area (Å²) < 4.78 is 0. The third-order valence-corrected chi connectivity index (χ3v) is 2.65. The van der Waals surface area contributed by atoms with E-state index >= 15 is 0 Å². The number of unbranched alkanes of at least 4 members (excludes halogenated alkanes) is 7. The number of aliphatic carboxylic acids is 2. The van der Waals surface area contributed by atoms with Gasteiger partial charge in [-0.1, -0.05) is 51.2 Å². The fraction of sp³-hybridized carbons (Fsp3) is 0.750. The van der Waals surface area contributed by atoms with Crippen LogP contribution in [0.1, 0.15) is 78.1 Å². The molecule has 0 aromatic rings. The molecule has 0 aliphatic rings. The minimum atomic E-state index is -0.833. The standard InChI is InChI=1S/C14H26O2.C2H4O2/c1-2-3-4-5-6-7-8-9-10-11-12-13-14(15)16;1-2(3)4/h5-6H,2-4,7-13H2,1H3,(H,15,16);1H3,(H,3,4). The summed E-state index contributed by atoms with van der Waals surface area (Å²) in [6, 6.07) is 0. The Morgan fingerprint density at radius 2 is 1.30 bits per heavy atom. The van der Waals surface area contributed by atoms with Gasteiger partial charge in [-0.2, -0.15) is 0 Å². The zero-order chi connectivity index (χ0) is 15.6. The SMILES string of the molecule is CC(=O)O.CCCCC=CCCCCCCCC(=O)O. The third kappa shape index (κ3) is 30.1. The first-order valence-corrected chi connectivity index (χ1v) is 7.57. The lowest BCUT2D eigenvalue weighted by atomic mass is 10.1. The van der Waals surface area contributed by atoms with Crippen LogP contribution in [0, 0.1) is 0 Å². The van der Waals surface area contributed by atoms with Gasteiger partial charge in [-0.3, -0.25) is 9.59 Å². The van der Waals surface area contributed by atoms with Crippen molar-refractivity contribution in [2.45, 2.75) is 78.1 Å². The van der Waals surface area contributed by atoms with Crippen molar-refractivity contribution in [3.05, 3.63) is 12.2 Å². The molecule has 118 valence electrons. The molecule has 0 aliphatic carbocycles. The van der Waals surface area contributed by atoms with E-state index in [0.29, 0.717) is 6.42 Å². The van der Waals surface area contributed by atoms with Crippen LogP contribution >= 0.6 is 0 Å². The number of carboxylic acid groups (broad SMARTS) is 2. The zero-order valence-corrected chi connectivity index (χ0v) is 12.9. The monoisotopic (exact) mass is 286 g/mol. The maximum atomic E-state index is 10.3. The molecule has 0 aromatic heterocycles. The molecule has 0 radical (unpaired) electrons. The van der Waals surface area contributed by atoms with Gasteiger partial charge in [-0.05, 0) is 25.7 Å². The fourth-order valence-corrected chi connectivity index (χ4v) is 1.63. The lowest BCUT2D eigenvalue weighted by molar-refractivity contribution is -0.137. The smallest absolute Gasteiger partial charge is 0.303 e.